The molecule has 0 bridgehead atoms. The minimum absolute atomic E-state index is 0.150. The molecule has 100 valence electrons. The topological polar surface area (TPSA) is 46.9 Å². The molecule has 0 spiro atoms. The van der Waals surface area contributed by atoms with Crippen molar-refractivity contribution in [3.63, 3.8) is 0 Å². The molecule has 1 saturated heterocycles. The zero-order chi connectivity index (χ0) is 14.1. The summed E-state index contributed by atoms with van der Waals surface area (Å²) in [4.78, 5) is 12.2. The van der Waals surface area contributed by atoms with Gasteiger partial charge >= 0.3 is 0 Å². The zero-order valence-electron chi connectivity index (χ0n) is 10.7. The average molecular weight is 301 g/mol. The first kappa shape index (κ1) is 13.1. The molecule has 6 heteroatoms. The number of thiocarbonyl (C=S) groups is 1. The third-order valence-corrected chi connectivity index (χ3v) is 4.00. The highest BCUT2D eigenvalue weighted by Gasteiger charge is 2.22. The summed E-state index contributed by atoms with van der Waals surface area (Å²) >= 11 is 6.22. The molecule has 1 fully saturated rings. The molecule has 0 atom stereocenters. The Hall–Kier alpha value is -1.92. The molecule has 1 aromatic heterocycles. The minimum atomic E-state index is -0.150. The van der Waals surface area contributed by atoms with Crippen LogP contribution in [0.1, 0.15) is 11.1 Å². The van der Waals surface area contributed by atoms with E-state index in [0.717, 1.165) is 11.3 Å². The fraction of sp³-hybridized carbons (Fsp3) is 0.0714. The highest BCUT2D eigenvalue weighted by molar-refractivity contribution is 8.26. The molecule has 1 N–H and O–H groups in total. The van der Waals surface area contributed by atoms with Crippen molar-refractivity contribution in [2.24, 2.45) is 0 Å². The number of benzene rings is 1. The summed E-state index contributed by atoms with van der Waals surface area (Å²) in [5, 5.41) is 6.89. The van der Waals surface area contributed by atoms with E-state index in [0.29, 0.717) is 9.23 Å². The maximum atomic E-state index is 11.6. The van der Waals surface area contributed by atoms with Crippen LogP contribution in [0.3, 0.4) is 0 Å². The Labute approximate surface area is 125 Å². The van der Waals surface area contributed by atoms with Crippen LogP contribution in [-0.2, 0) is 4.79 Å². The second-order valence-corrected chi connectivity index (χ2v) is 6.12. The Balaban J connectivity index is 1.87. The smallest absolute Gasteiger partial charge is 0.263 e. The second kappa shape index (κ2) is 5.22. The second-order valence-electron chi connectivity index (χ2n) is 4.41. The van der Waals surface area contributed by atoms with Gasteiger partial charge in [0, 0.05) is 11.8 Å². The molecule has 2 heterocycles. The van der Waals surface area contributed by atoms with E-state index in [1.807, 2.05) is 37.4 Å². The highest BCUT2D eigenvalue weighted by Crippen LogP contribution is 2.25. The number of carbonyl (C=O) groups is 1. The van der Waals surface area contributed by atoms with Crippen LogP contribution in [0.15, 0.2) is 41.6 Å². The van der Waals surface area contributed by atoms with E-state index in [4.69, 9.17) is 12.2 Å². The molecular formula is C14H11N3OS2. The Kier molecular flexibility index (Phi) is 3.42. The first-order valence-corrected chi connectivity index (χ1v) is 7.21. The lowest BCUT2D eigenvalue weighted by Crippen LogP contribution is -2.17. The number of nitrogens with zero attached hydrogens (tertiary/aromatic N) is 2. The minimum Gasteiger partial charge on any atom is -0.307 e. The highest BCUT2D eigenvalue weighted by atomic mass is 32.2. The summed E-state index contributed by atoms with van der Waals surface area (Å²) in [6.07, 6.45) is 5.39. The van der Waals surface area contributed by atoms with E-state index in [1.54, 1.807) is 17.0 Å². The third-order valence-electron chi connectivity index (χ3n) is 2.84. The number of aromatic nitrogens is 2. The van der Waals surface area contributed by atoms with Crippen LogP contribution in [0.4, 0.5) is 0 Å². The summed E-state index contributed by atoms with van der Waals surface area (Å²) in [5.74, 6) is -0.150. The van der Waals surface area contributed by atoms with Gasteiger partial charge in [0.15, 0.2) is 0 Å². The SMILES string of the molecule is Cc1ccc(-n2cc(/C=C3\SC(=S)NC3=O)cn2)cc1. The van der Waals surface area contributed by atoms with Crippen LogP contribution in [0.25, 0.3) is 11.8 Å². The van der Waals surface area contributed by atoms with E-state index < -0.39 is 0 Å². The summed E-state index contributed by atoms with van der Waals surface area (Å²) in [6, 6.07) is 8.08. The van der Waals surface area contributed by atoms with Crippen molar-refractivity contribution in [2.45, 2.75) is 6.92 Å². The average Bonchev–Trinajstić information content (AvgIpc) is 2.98. The first-order chi connectivity index (χ1) is 9.61. The van der Waals surface area contributed by atoms with E-state index in [1.165, 1.54) is 17.3 Å². The quantitative estimate of drug-likeness (QED) is 0.684. The van der Waals surface area contributed by atoms with Gasteiger partial charge in [-0.3, -0.25) is 4.79 Å². The number of nitrogens with one attached hydrogen (secondary N) is 1. The van der Waals surface area contributed by atoms with Gasteiger partial charge in [-0.2, -0.15) is 5.10 Å². The van der Waals surface area contributed by atoms with Gasteiger partial charge in [-0.1, -0.05) is 41.7 Å². The molecule has 0 saturated carbocycles. The Morgan fingerprint density at radius 3 is 2.75 bits per heavy atom. The lowest BCUT2D eigenvalue weighted by Gasteiger charge is -2.00. The van der Waals surface area contributed by atoms with Crippen molar-refractivity contribution in [3.8, 4) is 5.69 Å². The molecule has 20 heavy (non-hydrogen) atoms. The molecule has 1 aliphatic heterocycles. The van der Waals surface area contributed by atoms with Crippen LogP contribution in [-0.4, -0.2) is 20.0 Å². The van der Waals surface area contributed by atoms with Crippen molar-refractivity contribution in [2.75, 3.05) is 0 Å². The van der Waals surface area contributed by atoms with Gasteiger partial charge in [0.25, 0.3) is 5.91 Å². The largest absolute Gasteiger partial charge is 0.307 e. The van der Waals surface area contributed by atoms with E-state index in [9.17, 15) is 4.79 Å². The maximum Gasteiger partial charge on any atom is 0.263 e. The van der Waals surface area contributed by atoms with E-state index in [-0.39, 0.29) is 5.91 Å². The maximum absolute atomic E-state index is 11.6. The molecule has 0 aliphatic carbocycles. The summed E-state index contributed by atoms with van der Waals surface area (Å²) in [6.45, 7) is 2.04. The predicted octanol–water partition coefficient (Wildman–Crippen LogP) is 2.67. The molecule has 0 radical (unpaired) electrons. The van der Waals surface area contributed by atoms with E-state index >= 15 is 0 Å². The van der Waals surface area contributed by atoms with Crippen LogP contribution in [0.2, 0.25) is 0 Å². The van der Waals surface area contributed by atoms with Crippen LogP contribution < -0.4 is 5.32 Å². The van der Waals surface area contributed by atoms with Gasteiger partial charge in [-0.25, -0.2) is 4.68 Å². The monoisotopic (exact) mass is 301 g/mol. The number of hydrogen-bond donors (Lipinski definition) is 1. The number of rotatable bonds is 2. The van der Waals surface area contributed by atoms with Crippen LogP contribution in [0.5, 0.6) is 0 Å². The van der Waals surface area contributed by atoms with Crippen LogP contribution >= 0.6 is 24.0 Å². The number of amides is 1. The lowest BCUT2D eigenvalue weighted by atomic mass is 10.2. The Morgan fingerprint density at radius 2 is 2.10 bits per heavy atom. The van der Waals surface area contributed by atoms with Gasteiger partial charge in [0.2, 0.25) is 0 Å². The molecule has 1 aliphatic rings. The fourth-order valence-corrected chi connectivity index (χ4v) is 2.87. The summed E-state index contributed by atoms with van der Waals surface area (Å²) in [7, 11) is 0. The van der Waals surface area contributed by atoms with Gasteiger partial charge in [-0.05, 0) is 25.1 Å². The number of aryl methyl sites for hydroxylation is 1. The fourth-order valence-electron chi connectivity index (χ4n) is 1.82. The van der Waals surface area contributed by atoms with Crippen molar-refractivity contribution in [1.29, 1.82) is 0 Å². The van der Waals surface area contributed by atoms with Gasteiger partial charge in [0.05, 0.1) is 16.8 Å². The van der Waals surface area contributed by atoms with Crippen molar-refractivity contribution < 1.29 is 4.79 Å². The first-order valence-electron chi connectivity index (χ1n) is 5.98. The molecule has 3 rings (SSSR count). The molecule has 0 unspecified atom stereocenters. The van der Waals surface area contributed by atoms with Gasteiger partial charge in [0.1, 0.15) is 4.32 Å². The number of carbonyl (C=O) groups excluding carboxylic acids is 1. The Morgan fingerprint density at radius 1 is 1.35 bits per heavy atom. The van der Waals surface area contributed by atoms with Gasteiger partial charge in [-0.15, -0.1) is 0 Å². The summed E-state index contributed by atoms with van der Waals surface area (Å²) < 4.78 is 2.27. The predicted molar refractivity (Wildman–Crippen MR) is 84.6 cm³/mol. The van der Waals surface area contributed by atoms with Crippen LogP contribution in [0, 0.1) is 6.92 Å². The third kappa shape index (κ3) is 2.66. The number of thioether (sulfide) groups is 1. The summed E-state index contributed by atoms with van der Waals surface area (Å²) in [5.41, 5.74) is 3.06. The zero-order valence-corrected chi connectivity index (χ0v) is 12.3. The van der Waals surface area contributed by atoms with Gasteiger partial charge < -0.3 is 5.32 Å². The Bertz CT molecular complexity index is 716. The van der Waals surface area contributed by atoms with Crippen molar-refractivity contribution >= 4 is 40.3 Å². The van der Waals surface area contributed by atoms with E-state index in [2.05, 4.69) is 10.4 Å². The number of hydrogen-bond acceptors (Lipinski definition) is 4. The van der Waals surface area contributed by atoms with Crippen molar-refractivity contribution in [3.05, 3.63) is 52.7 Å². The normalized spacial score (nSPS) is 16.8. The molecule has 2 aromatic rings. The molecule has 1 amide bonds. The van der Waals surface area contributed by atoms with Crippen molar-refractivity contribution in [1.82, 2.24) is 15.1 Å². The molecular weight excluding hydrogens is 290 g/mol. The molecule has 1 aromatic carbocycles. The standard InChI is InChI=1S/C14H11N3OS2/c1-9-2-4-11(5-3-9)17-8-10(7-15-17)6-12-13(18)16-14(19)20-12/h2-8H,1H3,(H,16,18,19)/b12-6-. The molecule has 4 nitrogen and oxygen atoms in total. The lowest BCUT2D eigenvalue weighted by molar-refractivity contribution is -0.115.